The highest BCUT2D eigenvalue weighted by Crippen LogP contribution is 2.30. The van der Waals surface area contributed by atoms with Crippen molar-refractivity contribution in [2.24, 2.45) is 0 Å². The van der Waals surface area contributed by atoms with Gasteiger partial charge in [-0.25, -0.2) is 8.42 Å². The normalized spacial score (nSPS) is 11.0. The first-order valence-corrected chi connectivity index (χ1v) is 11.0. The molecule has 0 unspecified atom stereocenters. The quantitative estimate of drug-likeness (QED) is 0.532. The number of anilines is 2. The Morgan fingerprint density at radius 1 is 0.935 bits per heavy atom. The van der Waals surface area contributed by atoms with Crippen LogP contribution in [0.15, 0.2) is 65.6 Å². The third-order valence-electron chi connectivity index (χ3n) is 4.45. The van der Waals surface area contributed by atoms with E-state index in [0.717, 1.165) is 5.56 Å². The fraction of sp³-hybridized carbons (Fsp3) is 0.136. The Hall–Kier alpha value is -3.23. The largest absolute Gasteiger partial charge is 0.497 e. The molecular formula is C22H21ClN2O5S. The summed E-state index contributed by atoms with van der Waals surface area (Å²) in [5, 5.41) is 2.88. The number of benzene rings is 3. The zero-order valence-corrected chi connectivity index (χ0v) is 18.7. The molecule has 3 aromatic carbocycles. The minimum atomic E-state index is -3.83. The van der Waals surface area contributed by atoms with Gasteiger partial charge in [0.1, 0.15) is 11.5 Å². The second-order valence-corrected chi connectivity index (χ2v) is 8.72. The van der Waals surface area contributed by atoms with Crippen molar-refractivity contribution in [1.29, 1.82) is 0 Å². The van der Waals surface area contributed by atoms with E-state index in [2.05, 4.69) is 10.0 Å². The molecule has 0 aromatic heterocycles. The summed E-state index contributed by atoms with van der Waals surface area (Å²) in [6.07, 6.45) is 0. The molecule has 0 spiro atoms. The Morgan fingerprint density at radius 3 is 2.29 bits per heavy atom. The first-order chi connectivity index (χ1) is 14.7. The predicted molar refractivity (Wildman–Crippen MR) is 121 cm³/mol. The summed E-state index contributed by atoms with van der Waals surface area (Å²) in [4.78, 5) is 13.0. The molecule has 0 aliphatic rings. The number of sulfonamides is 1. The number of methoxy groups -OCH3 is 2. The number of aryl methyl sites for hydroxylation is 1. The molecule has 162 valence electrons. The lowest BCUT2D eigenvalue weighted by Gasteiger charge is -2.14. The summed E-state index contributed by atoms with van der Waals surface area (Å²) < 4.78 is 38.2. The van der Waals surface area contributed by atoms with E-state index in [9.17, 15) is 13.2 Å². The van der Waals surface area contributed by atoms with Gasteiger partial charge in [-0.1, -0.05) is 29.3 Å². The van der Waals surface area contributed by atoms with Crippen LogP contribution in [0.5, 0.6) is 11.5 Å². The minimum absolute atomic E-state index is 0.0932. The Bertz CT molecular complexity index is 1210. The number of nitrogens with one attached hydrogen (secondary N) is 2. The summed E-state index contributed by atoms with van der Waals surface area (Å²) in [5.74, 6) is 0.427. The third kappa shape index (κ3) is 5.28. The molecule has 0 saturated carbocycles. The second-order valence-electron chi connectivity index (χ2n) is 6.63. The molecule has 7 nitrogen and oxygen atoms in total. The van der Waals surface area contributed by atoms with Gasteiger partial charge in [0.2, 0.25) is 0 Å². The average Bonchev–Trinajstić information content (AvgIpc) is 2.75. The molecule has 0 atom stereocenters. The monoisotopic (exact) mass is 460 g/mol. The lowest BCUT2D eigenvalue weighted by Crippen LogP contribution is -2.16. The average molecular weight is 461 g/mol. The molecule has 0 saturated heterocycles. The van der Waals surface area contributed by atoms with E-state index in [4.69, 9.17) is 21.1 Å². The van der Waals surface area contributed by atoms with Gasteiger partial charge in [-0.2, -0.15) is 0 Å². The van der Waals surface area contributed by atoms with E-state index in [-0.39, 0.29) is 21.2 Å². The maximum absolute atomic E-state index is 12.9. The number of hydrogen-bond acceptors (Lipinski definition) is 5. The Kier molecular flexibility index (Phi) is 6.72. The molecule has 3 aromatic rings. The van der Waals surface area contributed by atoms with Gasteiger partial charge in [0.15, 0.2) is 0 Å². The van der Waals surface area contributed by atoms with Crippen LogP contribution in [0.2, 0.25) is 5.02 Å². The fourth-order valence-corrected chi connectivity index (χ4v) is 4.05. The zero-order valence-electron chi connectivity index (χ0n) is 17.1. The molecular weight excluding hydrogens is 440 g/mol. The highest BCUT2D eigenvalue weighted by atomic mass is 35.5. The molecule has 0 aliphatic carbocycles. The maximum Gasteiger partial charge on any atom is 0.261 e. The van der Waals surface area contributed by atoms with Crippen molar-refractivity contribution in [3.05, 3.63) is 76.8 Å². The maximum atomic E-state index is 12.9. The van der Waals surface area contributed by atoms with Crippen molar-refractivity contribution in [2.75, 3.05) is 24.3 Å². The number of amides is 1. The topological polar surface area (TPSA) is 93.7 Å². The van der Waals surface area contributed by atoms with Gasteiger partial charge in [0.05, 0.1) is 35.4 Å². The molecule has 2 N–H and O–H groups in total. The molecule has 3 rings (SSSR count). The van der Waals surface area contributed by atoms with Crippen LogP contribution in [0, 0.1) is 6.92 Å². The van der Waals surface area contributed by atoms with Crippen molar-refractivity contribution >= 4 is 38.9 Å². The molecule has 31 heavy (non-hydrogen) atoms. The summed E-state index contributed by atoms with van der Waals surface area (Å²) in [5.41, 5.74) is 1.62. The van der Waals surface area contributed by atoms with E-state index in [1.807, 2.05) is 6.92 Å². The molecule has 1 amide bonds. The number of carbonyl (C=O) groups is 1. The standard InChI is InChI=1S/C22H21ClN2O5S/c1-14-4-8-17(9-5-14)31(27,28)25-15-6-10-19(23)18(12-15)22(26)24-20-13-16(29-2)7-11-21(20)30-3/h4-13,25H,1-3H3,(H,24,26). The van der Waals surface area contributed by atoms with Crippen LogP contribution < -0.4 is 19.5 Å². The Morgan fingerprint density at radius 2 is 1.65 bits per heavy atom. The molecule has 0 fully saturated rings. The molecule has 0 aliphatic heterocycles. The second kappa shape index (κ2) is 9.28. The molecule has 0 radical (unpaired) electrons. The van der Waals surface area contributed by atoms with Crippen LogP contribution in [0.25, 0.3) is 0 Å². The van der Waals surface area contributed by atoms with Crippen molar-refractivity contribution in [3.63, 3.8) is 0 Å². The SMILES string of the molecule is COc1ccc(OC)c(NC(=O)c2cc(NS(=O)(=O)c3ccc(C)cc3)ccc2Cl)c1. The van der Waals surface area contributed by atoms with E-state index in [0.29, 0.717) is 17.2 Å². The molecule has 0 heterocycles. The van der Waals surface area contributed by atoms with Crippen molar-refractivity contribution in [2.45, 2.75) is 11.8 Å². The lowest BCUT2D eigenvalue weighted by molar-refractivity contribution is 0.102. The number of halogens is 1. The van der Waals surface area contributed by atoms with Gasteiger partial charge in [0.25, 0.3) is 15.9 Å². The predicted octanol–water partition coefficient (Wildman–Crippen LogP) is 4.72. The molecule has 9 heteroatoms. The fourth-order valence-electron chi connectivity index (χ4n) is 2.80. The summed E-state index contributed by atoms with van der Waals surface area (Å²) in [6, 6.07) is 15.7. The zero-order chi connectivity index (χ0) is 22.6. The molecule has 0 bridgehead atoms. The number of rotatable bonds is 7. The van der Waals surface area contributed by atoms with Gasteiger partial charge in [-0.05, 0) is 49.4 Å². The smallest absolute Gasteiger partial charge is 0.261 e. The van der Waals surface area contributed by atoms with Crippen LogP contribution in [0.3, 0.4) is 0 Å². The number of ether oxygens (including phenoxy) is 2. The van der Waals surface area contributed by atoms with E-state index in [1.54, 1.807) is 30.3 Å². The number of carbonyl (C=O) groups excluding carboxylic acids is 1. The van der Waals surface area contributed by atoms with Gasteiger partial charge < -0.3 is 14.8 Å². The van der Waals surface area contributed by atoms with Crippen molar-refractivity contribution < 1.29 is 22.7 Å². The van der Waals surface area contributed by atoms with Gasteiger partial charge in [-0.15, -0.1) is 0 Å². The van der Waals surface area contributed by atoms with E-state index in [1.165, 1.54) is 44.6 Å². The highest BCUT2D eigenvalue weighted by Gasteiger charge is 2.18. The van der Waals surface area contributed by atoms with Gasteiger partial charge in [-0.3, -0.25) is 9.52 Å². The lowest BCUT2D eigenvalue weighted by atomic mass is 10.1. The minimum Gasteiger partial charge on any atom is -0.497 e. The van der Waals surface area contributed by atoms with Gasteiger partial charge in [0, 0.05) is 11.8 Å². The van der Waals surface area contributed by atoms with E-state index >= 15 is 0 Å². The number of hydrogen-bond donors (Lipinski definition) is 2. The Balaban J connectivity index is 1.87. The third-order valence-corrected chi connectivity index (χ3v) is 6.18. The Labute approximate surface area is 186 Å². The first-order valence-electron chi connectivity index (χ1n) is 9.16. The van der Waals surface area contributed by atoms with Crippen LogP contribution >= 0.6 is 11.6 Å². The summed E-state index contributed by atoms with van der Waals surface area (Å²) >= 11 is 6.20. The first kappa shape index (κ1) is 22.5. The summed E-state index contributed by atoms with van der Waals surface area (Å²) in [6.45, 7) is 1.87. The van der Waals surface area contributed by atoms with Crippen LogP contribution in [0.1, 0.15) is 15.9 Å². The van der Waals surface area contributed by atoms with Crippen molar-refractivity contribution in [1.82, 2.24) is 0 Å². The van der Waals surface area contributed by atoms with Gasteiger partial charge >= 0.3 is 0 Å². The highest BCUT2D eigenvalue weighted by molar-refractivity contribution is 7.92. The van der Waals surface area contributed by atoms with Crippen LogP contribution in [0.4, 0.5) is 11.4 Å². The van der Waals surface area contributed by atoms with Crippen molar-refractivity contribution in [3.8, 4) is 11.5 Å². The summed E-state index contributed by atoms with van der Waals surface area (Å²) in [7, 11) is -0.840. The van der Waals surface area contributed by atoms with Crippen LogP contribution in [-0.2, 0) is 10.0 Å². The van der Waals surface area contributed by atoms with E-state index < -0.39 is 15.9 Å². The van der Waals surface area contributed by atoms with Crippen LogP contribution in [-0.4, -0.2) is 28.5 Å².